The minimum Gasteiger partial charge on any atom is -0.312 e. The minimum atomic E-state index is -4.69. The van der Waals surface area contributed by atoms with Crippen molar-refractivity contribution in [3.63, 3.8) is 0 Å². The van der Waals surface area contributed by atoms with Crippen LogP contribution in [0, 0.1) is 10.2 Å². The molecule has 0 bridgehead atoms. The molecule has 1 N–H and O–H groups in total. The molecule has 0 unspecified atom stereocenters. The Balaban J connectivity index is -0.0000000719. The first-order valence-electron chi connectivity index (χ1n) is 7.88. The van der Waals surface area contributed by atoms with Gasteiger partial charge in [0.15, 0.2) is 0 Å². The summed E-state index contributed by atoms with van der Waals surface area (Å²) in [6, 6.07) is 0. The monoisotopic (exact) mass is 659 g/mol. The van der Waals surface area contributed by atoms with Gasteiger partial charge in [0, 0.05) is 83.5 Å². The van der Waals surface area contributed by atoms with Gasteiger partial charge in [-0.25, -0.2) is 0 Å². The van der Waals surface area contributed by atoms with E-state index in [1.165, 1.54) is 83.5 Å². The first kappa shape index (κ1) is 48.3. The third-order valence-electron chi connectivity index (χ3n) is 2.65. The van der Waals surface area contributed by atoms with Crippen LogP contribution in [0.25, 0.3) is 0 Å². The Bertz CT molecular complexity index is 512. The van der Waals surface area contributed by atoms with Gasteiger partial charge in [-0.2, -0.15) is 14.0 Å². The largest absolute Gasteiger partial charge is 2.00 e. The Morgan fingerprint density at radius 1 is 0.471 bits per heavy atom. The normalized spacial score (nSPS) is 11.5. The maximum atomic E-state index is 10.5. The molecule has 0 aliphatic rings. The van der Waals surface area contributed by atoms with Gasteiger partial charge in [0.1, 0.15) is 0 Å². The van der Waals surface area contributed by atoms with E-state index in [4.69, 9.17) is 18.6 Å². The van der Waals surface area contributed by atoms with Crippen LogP contribution in [0.3, 0.4) is 0 Å². The van der Waals surface area contributed by atoms with Crippen LogP contribution in [0.4, 0.5) is 0 Å². The van der Waals surface area contributed by atoms with Crippen molar-refractivity contribution < 1.29 is 100 Å². The fourth-order valence-corrected chi connectivity index (χ4v) is 0.894. The molecule has 0 amide bonds. The molecule has 0 aromatic carbocycles. The molecule has 0 aliphatic heterocycles. The van der Waals surface area contributed by atoms with Crippen LogP contribution in [-0.4, -0.2) is 88.2 Å². The van der Waals surface area contributed by atoms with Crippen molar-refractivity contribution in [3.05, 3.63) is 0 Å². The molecule has 16 nitrogen and oxygen atoms in total. The minimum absolute atomic E-state index is 0. The third-order valence-corrected chi connectivity index (χ3v) is 7.96. The van der Waals surface area contributed by atoms with Crippen molar-refractivity contribution in [3.8, 4) is 0 Å². The smallest absolute Gasteiger partial charge is 0.312 e. The molecule has 0 aliphatic carbocycles. The van der Waals surface area contributed by atoms with Gasteiger partial charge in [-0.3, -0.25) is 18.3 Å². The van der Waals surface area contributed by atoms with Crippen LogP contribution in [0.2, 0.25) is 0 Å². The summed E-state index contributed by atoms with van der Waals surface area (Å²) in [4.78, 5) is 0. The van der Waals surface area contributed by atoms with Crippen molar-refractivity contribution >= 4 is 30.4 Å². The molecule has 1 radical (unpaired) electrons. The van der Waals surface area contributed by atoms with E-state index in [-0.39, 0.29) is 17.1 Å². The summed E-state index contributed by atoms with van der Waals surface area (Å²) < 4.78 is 110. The van der Waals surface area contributed by atoms with Gasteiger partial charge < -0.3 is 36.2 Å². The van der Waals surface area contributed by atoms with Crippen LogP contribution in [-0.2, 0) is 71.5 Å². The number of hydrogen-bond acceptors (Lipinski definition) is 16. The van der Waals surface area contributed by atoms with E-state index in [1.807, 2.05) is 0 Å². The SMILES string of the molecule is COP(C)(=O)OC.COP(C)(=O)OC.COP(C)(=O)OC.COP(C)(=O)OC.[Cu+2].[O-][Cl+3]([O-])([O-])O. The van der Waals surface area contributed by atoms with E-state index in [0.717, 1.165) is 0 Å². The summed E-state index contributed by atoms with van der Waals surface area (Å²) >= 11 is 0. The zero-order valence-corrected chi connectivity index (χ0v) is 26.3. The fourth-order valence-electron chi connectivity index (χ4n) is 0.298. The van der Waals surface area contributed by atoms with Gasteiger partial charge in [-0.1, -0.05) is 0 Å². The molecule has 217 valence electrons. The topological polar surface area (TPSA) is 232 Å². The molecular weight excluding hydrogens is 623 g/mol. The maximum absolute atomic E-state index is 10.5. The van der Waals surface area contributed by atoms with Crippen LogP contribution in [0.1, 0.15) is 0 Å². The Labute approximate surface area is 214 Å². The molecule has 0 spiro atoms. The number of hydrogen-bond donors (Lipinski definition) is 1. The molecule has 22 heteroatoms. The van der Waals surface area contributed by atoms with E-state index >= 15 is 0 Å². The van der Waals surface area contributed by atoms with E-state index in [9.17, 15) is 18.3 Å². The maximum Gasteiger partial charge on any atom is 2.00 e. The molecule has 34 heavy (non-hydrogen) atoms. The predicted octanol–water partition coefficient (Wildman–Crippen LogP) is 0.282. The molecule has 0 saturated heterocycles. The standard InChI is InChI=1S/4C3H9O3P.ClHO4.Cu/c4*1-5-7(3,4)6-2;2-1(3,4)5;/h4*1-3H3;(H,2,3,4,5);/q;;;;;+2. The summed E-state index contributed by atoms with van der Waals surface area (Å²) in [6.07, 6.45) is 0. The molecule has 0 rings (SSSR count). The van der Waals surface area contributed by atoms with Crippen LogP contribution in [0.15, 0.2) is 0 Å². The zero-order chi connectivity index (χ0) is 28.2. The first-order valence-corrected chi connectivity index (χ1v) is 17.1. The second-order valence-electron chi connectivity index (χ2n) is 4.94. The molecule has 0 heterocycles. The Hall–Kier alpha value is 1.25. The van der Waals surface area contributed by atoms with Gasteiger partial charge in [0.2, 0.25) is 0 Å². The van der Waals surface area contributed by atoms with E-state index in [1.54, 1.807) is 0 Å². The van der Waals surface area contributed by atoms with Crippen LogP contribution < -0.4 is 14.0 Å². The van der Waals surface area contributed by atoms with E-state index in [0.29, 0.717) is 0 Å². The zero-order valence-electron chi connectivity index (χ0n) is 21.0. The predicted molar refractivity (Wildman–Crippen MR) is 112 cm³/mol. The molecule has 0 atom stereocenters. The Morgan fingerprint density at radius 2 is 0.529 bits per heavy atom. The average molecular weight is 660 g/mol. The number of rotatable bonds is 8. The molecule has 0 fully saturated rings. The van der Waals surface area contributed by atoms with Crippen molar-refractivity contribution in [1.82, 2.24) is 0 Å². The molecule has 0 aromatic rings. The Morgan fingerprint density at radius 3 is 0.529 bits per heavy atom. The van der Waals surface area contributed by atoms with E-state index < -0.39 is 40.6 Å². The summed E-state index contributed by atoms with van der Waals surface area (Å²) in [6.45, 7) is 5.64. The van der Waals surface area contributed by atoms with Crippen molar-refractivity contribution in [1.29, 1.82) is 0 Å². The van der Waals surface area contributed by atoms with Gasteiger partial charge in [0.05, 0.1) is 14.9 Å². The quantitative estimate of drug-likeness (QED) is 0.272. The van der Waals surface area contributed by atoms with Crippen molar-refractivity contribution in [2.45, 2.75) is 0 Å². The first-order chi connectivity index (χ1) is 14.5. The van der Waals surface area contributed by atoms with E-state index in [2.05, 4.69) is 36.2 Å². The molecule has 0 aromatic heterocycles. The van der Waals surface area contributed by atoms with Gasteiger partial charge >= 0.3 is 47.5 Å². The summed E-state index contributed by atoms with van der Waals surface area (Å²) in [5.41, 5.74) is 0. The fraction of sp³-hybridized carbons (Fsp3) is 1.00. The van der Waals surface area contributed by atoms with Gasteiger partial charge in [-0.05, 0) is 0 Å². The van der Waals surface area contributed by atoms with Crippen LogP contribution >= 0.6 is 30.4 Å². The average Bonchev–Trinajstić information content (AvgIpc) is 2.74. The van der Waals surface area contributed by atoms with Crippen LogP contribution in [0.5, 0.6) is 0 Å². The second kappa shape index (κ2) is 24.6. The second-order valence-corrected chi connectivity index (χ2v) is 14.8. The summed E-state index contributed by atoms with van der Waals surface area (Å²) in [7, 11) is -4.50. The number of halogens is 1. The van der Waals surface area contributed by atoms with Gasteiger partial charge in [0.25, 0.3) is 0 Å². The summed E-state index contributed by atoms with van der Waals surface area (Å²) in [5, 5.41) is 0. The molecular formula is C12H37ClCuO16P4+2. The van der Waals surface area contributed by atoms with Gasteiger partial charge in [-0.15, -0.1) is 0 Å². The summed E-state index contributed by atoms with van der Waals surface area (Å²) in [5.74, 6) is 0. The molecule has 0 saturated carbocycles. The van der Waals surface area contributed by atoms with Crippen molar-refractivity contribution in [2.24, 2.45) is 0 Å². The van der Waals surface area contributed by atoms with Crippen molar-refractivity contribution in [2.75, 3.05) is 83.5 Å². The third kappa shape index (κ3) is 54.2. The Kier molecular flexibility index (Phi) is 34.9.